The molecule has 1 fully saturated rings. The smallest absolute Gasteiger partial charge is 0.260 e. The van der Waals surface area contributed by atoms with Crippen LogP contribution >= 0.6 is 38.9 Å². The fourth-order valence-corrected chi connectivity index (χ4v) is 5.20. The Balaban J connectivity index is 1.68. The fourth-order valence-electron chi connectivity index (χ4n) is 3.69. The lowest BCUT2D eigenvalue weighted by Gasteiger charge is -2.27. The van der Waals surface area contributed by atoms with Crippen LogP contribution in [-0.4, -0.2) is 57.4 Å². The van der Waals surface area contributed by atoms with Gasteiger partial charge in [-0.15, -0.1) is 11.3 Å². The van der Waals surface area contributed by atoms with Gasteiger partial charge in [0, 0.05) is 40.1 Å². The van der Waals surface area contributed by atoms with Crippen molar-refractivity contribution >= 4 is 56.5 Å². The van der Waals surface area contributed by atoms with Gasteiger partial charge in [-0.25, -0.2) is 0 Å². The van der Waals surface area contributed by atoms with E-state index in [1.54, 1.807) is 23.2 Å². The molecule has 3 aromatic rings. The lowest BCUT2D eigenvalue weighted by molar-refractivity contribution is -0.135. The lowest BCUT2D eigenvalue weighted by Crippen LogP contribution is -2.43. The van der Waals surface area contributed by atoms with Gasteiger partial charge in [-0.3, -0.25) is 14.4 Å². The molecule has 0 spiro atoms. The summed E-state index contributed by atoms with van der Waals surface area (Å²) in [6.07, 6.45) is 1.58. The summed E-state index contributed by atoms with van der Waals surface area (Å²) >= 11 is 10.9. The maximum absolute atomic E-state index is 13.4. The first kappa shape index (κ1) is 26.6. The van der Waals surface area contributed by atoms with Gasteiger partial charge in [0.05, 0.1) is 29.7 Å². The number of nitrogens with zero attached hydrogens (tertiary/aromatic N) is 4. The maximum Gasteiger partial charge on any atom is 0.260 e. The Hall–Kier alpha value is -2.47. The van der Waals surface area contributed by atoms with E-state index in [0.717, 1.165) is 4.88 Å². The number of aromatic nitrogens is 3. The number of nitrogens with one attached hydrogen (secondary N) is 1. The summed E-state index contributed by atoms with van der Waals surface area (Å²) in [5.74, 6) is 0.0814. The average molecular weight is 597 g/mol. The monoisotopic (exact) mass is 595 g/mol. The van der Waals surface area contributed by atoms with E-state index in [9.17, 15) is 14.4 Å². The van der Waals surface area contributed by atoms with Gasteiger partial charge in [-0.05, 0) is 34.1 Å². The quantitative estimate of drug-likeness (QED) is 0.455. The zero-order valence-electron chi connectivity index (χ0n) is 20.2. The predicted molar refractivity (Wildman–Crippen MR) is 144 cm³/mol. The number of morpholine rings is 1. The molecule has 0 radical (unpaired) electrons. The standard InChI is InChI=1S/C24H27BrClN5O4S/c1-24(2,3)23(34)31-20(27-12-16-4-5-19(26)36-16)11-18(28-31)17-10-15(25)13-30(22(17)33)14-21(32)29-6-8-35-9-7-29/h4-5,10-11,13,27H,6-9,12,14H2,1-3H3. The van der Waals surface area contributed by atoms with Crippen molar-refractivity contribution in [2.45, 2.75) is 33.9 Å². The minimum atomic E-state index is -0.700. The Labute approximate surface area is 226 Å². The summed E-state index contributed by atoms with van der Waals surface area (Å²) in [5.41, 5.74) is -0.460. The topological polar surface area (TPSA) is 98.5 Å². The van der Waals surface area contributed by atoms with Crippen LogP contribution in [0, 0.1) is 5.41 Å². The van der Waals surface area contributed by atoms with Crippen LogP contribution in [0.4, 0.5) is 5.82 Å². The van der Waals surface area contributed by atoms with Crippen molar-refractivity contribution in [2.75, 3.05) is 31.6 Å². The van der Waals surface area contributed by atoms with E-state index >= 15 is 0 Å². The number of pyridine rings is 1. The van der Waals surface area contributed by atoms with Crippen molar-refractivity contribution in [2.24, 2.45) is 5.41 Å². The summed E-state index contributed by atoms with van der Waals surface area (Å²) in [5, 5.41) is 7.76. The molecule has 1 amide bonds. The Morgan fingerprint density at radius 3 is 2.58 bits per heavy atom. The highest BCUT2D eigenvalue weighted by atomic mass is 79.9. The number of carbonyl (C=O) groups excluding carboxylic acids is 2. The zero-order valence-corrected chi connectivity index (χ0v) is 23.4. The largest absolute Gasteiger partial charge is 0.378 e. The van der Waals surface area contributed by atoms with Crippen molar-refractivity contribution < 1.29 is 14.3 Å². The summed E-state index contributed by atoms with van der Waals surface area (Å²) in [7, 11) is 0. The van der Waals surface area contributed by atoms with Crippen LogP contribution in [0.5, 0.6) is 0 Å². The van der Waals surface area contributed by atoms with E-state index in [1.807, 2.05) is 32.9 Å². The number of hydrogen-bond donors (Lipinski definition) is 1. The molecule has 0 atom stereocenters. The van der Waals surface area contributed by atoms with E-state index in [-0.39, 0.29) is 29.5 Å². The first-order valence-corrected chi connectivity index (χ1v) is 13.4. The molecule has 1 saturated heterocycles. The molecular weight excluding hydrogens is 570 g/mol. The Morgan fingerprint density at radius 1 is 1.22 bits per heavy atom. The Bertz CT molecular complexity index is 1340. The van der Waals surface area contributed by atoms with Crippen LogP contribution in [0.25, 0.3) is 11.3 Å². The van der Waals surface area contributed by atoms with Gasteiger partial charge in [0.2, 0.25) is 5.91 Å². The Kier molecular flexibility index (Phi) is 8.03. The fraction of sp³-hybridized carbons (Fsp3) is 0.417. The third kappa shape index (κ3) is 6.08. The summed E-state index contributed by atoms with van der Waals surface area (Å²) in [6, 6.07) is 7.05. The molecule has 9 nitrogen and oxygen atoms in total. The second-order valence-electron chi connectivity index (χ2n) is 9.44. The molecule has 0 aliphatic carbocycles. The molecule has 0 aromatic carbocycles. The van der Waals surface area contributed by atoms with Crippen molar-refractivity contribution in [3.63, 3.8) is 0 Å². The average Bonchev–Trinajstić information content (AvgIpc) is 3.45. The number of amides is 1. The zero-order chi connectivity index (χ0) is 26.0. The van der Waals surface area contributed by atoms with Crippen LogP contribution in [0.1, 0.15) is 30.4 Å². The molecule has 0 saturated carbocycles. The number of hydrogen-bond acceptors (Lipinski definition) is 7. The number of halogens is 2. The second-order valence-corrected chi connectivity index (χ2v) is 12.2. The van der Waals surface area contributed by atoms with Crippen molar-refractivity contribution in [3.05, 3.63) is 54.5 Å². The molecule has 4 heterocycles. The van der Waals surface area contributed by atoms with Crippen LogP contribution < -0.4 is 10.9 Å². The second kappa shape index (κ2) is 10.9. The molecule has 192 valence electrons. The highest BCUT2D eigenvalue weighted by Crippen LogP contribution is 2.27. The molecule has 1 aliphatic rings. The third-order valence-corrected chi connectivity index (χ3v) is 7.28. The number of carbonyl (C=O) groups is 2. The van der Waals surface area contributed by atoms with Gasteiger partial charge in [0.1, 0.15) is 18.1 Å². The summed E-state index contributed by atoms with van der Waals surface area (Å²) in [4.78, 5) is 42.0. The van der Waals surface area contributed by atoms with E-state index in [4.69, 9.17) is 16.3 Å². The van der Waals surface area contributed by atoms with Gasteiger partial charge in [-0.1, -0.05) is 32.4 Å². The minimum Gasteiger partial charge on any atom is -0.378 e. The van der Waals surface area contributed by atoms with E-state index in [2.05, 4.69) is 26.3 Å². The van der Waals surface area contributed by atoms with Crippen LogP contribution in [0.2, 0.25) is 4.34 Å². The SMILES string of the molecule is CC(C)(C)C(=O)n1nc(-c2cc(Br)cn(CC(=O)N3CCOCC3)c2=O)cc1NCc1ccc(Cl)s1. The molecule has 1 aliphatic heterocycles. The van der Waals surface area contributed by atoms with Crippen LogP contribution in [0.15, 0.2) is 39.7 Å². The van der Waals surface area contributed by atoms with Crippen molar-refractivity contribution in [1.82, 2.24) is 19.2 Å². The number of ether oxygens (including phenoxy) is 1. The predicted octanol–water partition coefficient (Wildman–Crippen LogP) is 4.35. The van der Waals surface area contributed by atoms with Crippen LogP contribution in [0.3, 0.4) is 0 Å². The van der Waals surface area contributed by atoms with Crippen molar-refractivity contribution in [1.29, 1.82) is 0 Å². The maximum atomic E-state index is 13.4. The van der Waals surface area contributed by atoms with E-state index in [1.165, 1.54) is 20.6 Å². The molecule has 36 heavy (non-hydrogen) atoms. The normalized spacial score (nSPS) is 14.2. The van der Waals surface area contributed by atoms with Crippen LogP contribution in [-0.2, 0) is 22.6 Å². The first-order valence-electron chi connectivity index (χ1n) is 11.4. The minimum absolute atomic E-state index is 0.100. The molecule has 12 heteroatoms. The number of thiophene rings is 1. The molecular formula is C24H27BrClN5O4S. The molecule has 4 rings (SSSR count). The lowest BCUT2D eigenvalue weighted by atomic mass is 9.96. The number of anilines is 1. The van der Waals surface area contributed by atoms with Gasteiger partial charge in [0.25, 0.3) is 11.5 Å². The molecule has 3 aromatic heterocycles. The summed E-state index contributed by atoms with van der Waals surface area (Å²) in [6.45, 7) is 7.73. The number of rotatable bonds is 6. The van der Waals surface area contributed by atoms with Gasteiger partial charge in [-0.2, -0.15) is 9.78 Å². The first-order chi connectivity index (χ1) is 17.0. The Morgan fingerprint density at radius 2 is 1.94 bits per heavy atom. The van der Waals surface area contributed by atoms with E-state index in [0.29, 0.717) is 53.2 Å². The summed E-state index contributed by atoms with van der Waals surface area (Å²) < 4.78 is 9.26. The molecule has 0 unspecified atom stereocenters. The van der Waals surface area contributed by atoms with Crippen molar-refractivity contribution in [3.8, 4) is 11.3 Å². The van der Waals surface area contributed by atoms with Gasteiger partial charge >= 0.3 is 0 Å². The third-order valence-electron chi connectivity index (χ3n) is 5.61. The van der Waals surface area contributed by atoms with E-state index < -0.39 is 5.41 Å². The van der Waals surface area contributed by atoms with Gasteiger partial charge in [0.15, 0.2) is 0 Å². The highest BCUT2D eigenvalue weighted by molar-refractivity contribution is 9.10. The molecule has 1 N–H and O–H groups in total. The highest BCUT2D eigenvalue weighted by Gasteiger charge is 2.28. The molecule has 0 bridgehead atoms. The van der Waals surface area contributed by atoms with Gasteiger partial charge < -0.3 is 19.5 Å².